The third-order valence-corrected chi connectivity index (χ3v) is 7.21. The molecule has 31 heavy (non-hydrogen) atoms. The summed E-state index contributed by atoms with van der Waals surface area (Å²) in [4.78, 5) is 31.4. The summed E-state index contributed by atoms with van der Waals surface area (Å²) < 4.78 is 2.52. The predicted molar refractivity (Wildman–Crippen MR) is 133 cm³/mol. The number of nitrogens with zero attached hydrogens (tertiary/aromatic N) is 2. The quantitative estimate of drug-likeness (QED) is 0.125. The van der Waals surface area contributed by atoms with Crippen LogP contribution >= 0.6 is 39.0 Å². The van der Waals surface area contributed by atoms with E-state index in [1.54, 1.807) is 22.8 Å². The number of carbonyl (C=O) groups is 1. The maximum Gasteiger partial charge on any atom is 0.263 e. The van der Waals surface area contributed by atoms with Crippen molar-refractivity contribution in [2.24, 2.45) is 0 Å². The summed E-state index contributed by atoms with van der Waals surface area (Å²) in [5, 5.41) is 3.11. The molecule has 2 heterocycles. The highest BCUT2D eigenvalue weighted by Crippen LogP contribution is 2.32. The Kier molecular flexibility index (Phi) is 6.55. The van der Waals surface area contributed by atoms with Crippen LogP contribution in [0.15, 0.2) is 81.0 Å². The van der Waals surface area contributed by atoms with E-state index >= 15 is 0 Å². The number of aryl methyl sites for hydroxylation is 1. The summed E-state index contributed by atoms with van der Waals surface area (Å²) in [6, 6.07) is 15.4. The monoisotopic (exact) mass is 510 g/mol. The molecule has 0 spiro atoms. The molecule has 0 aliphatic carbocycles. The van der Waals surface area contributed by atoms with Gasteiger partial charge in [-0.2, -0.15) is 0 Å². The lowest BCUT2D eigenvalue weighted by Crippen LogP contribution is -2.23. The first-order valence-electron chi connectivity index (χ1n) is 9.59. The number of allylic oxidation sites excluding steroid dienone is 1. The Morgan fingerprint density at radius 3 is 2.58 bits per heavy atom. The van der Waals surface area contributed by atoms with Crippen LogP contribution in [0, 0.1) is 6.92 Å². The number of thiophene rings is 1. The zero-order valence-electron chi connectivity index (χ0n) is 16.8. The molecule has 0 amide bonds. The molecule has 4 rings (SSSR count). The first-order valence-corrected chi connectivity index (χ1v) is 12.3. The SMILES string of the molecule is C=CCn1c(SCC(=O)c2ccc(Br)cc2)nc2scc(-c3ccc(C)cc3)c2c1=O. The second-order valence-electron chi connectivity index (χ2n) is 7.01. The first kappa shape index (κ1) is 21.7. The first-order chi connectivity index (χ1) is 15.0. The van der Waals surface area contributed by atoms with E-state index in [1.807, 2.05) is 48.7 Å². The van der Waals surface area contributed by atoms with Crippen molar-refractivity contribution in [2.45, 2.75) is 18.6 Å². The number of Topliss-reactive ketones (excluding diaryl/α,β-unsaturated/α-hetero) is 1. The molecule has 4 nitrogen and oxygen atoms in total. The lowest BCUT2D eigenvalue weighted by molar-refractivity contribution is 0.102. The number of halogens is 1. The van der Waals surface area contributed by atoms with Gasteiger partial charge >= 0.3 is 0 Å². The molecule has 4 aromatic rings. The number of thioether (sulfide) groups is 1. The van der Waals surface area contributed by atoms with Crippen molar-refractivity contribution in [3.8, 4) is 11.1 Å². The van der Waals surface area contributed by atoms with E-state index in [0.717, 1.165) is 15.6 Å². The van der Waals surface area contributed by atoms with Crippen molar-refractivity contribution < 1.29 is 4.79 Å². The predicted octanol–water partition coefficient (Wildman–Crippen LogP) is 6.36. The zero-order valence-corrected chi connectivity index (χ0v) is 20.0. The summed E-state index contributed by atoms with van der Waals surface area (Å²) in [7, 11) is 0. The van der Waals surface area contributed by atoms with Crippen molar-refractivity contribution in [3.63, 3.8) is 0 Å². The van der Waals surface area contributed by atoms with Gasteiger partial charge in [0.15, 0.2) is 10.9 Å². The summed E-state index contributed by atoms with van der Waals surface area (Å²) >= 11 is 6.10. The van der Waals surface area contributed by atoms with Crippen LogP contribution < -0.4 is 5.56 Å². The van der Waals surface area contributed by atoms with Crippen LogP contribution in [0.3, 0.4) is 0 Å². The molecule has 156 valence electrons. The third-order valence-electron chi connectivity index (χ3n) is 4.83. The van der Waals surface area contributed by atoms with Crippen molar-refractivity contribution in [1.29, 1.82) is 0 Å². The second kappa shape index (κ2) is 9.34. The molecule has 2 aromatic heterocycles. The zero-order chi connectivity index (χ0) is 22.0. The summed E-state index contributed by atoms with van der Waals surface area (Å²) in [6.45, 7) is 6.15. The van der Waals surface area contributed by atoms with Crippen LogP contribution in [0.2, 0.25) is 0 Å². The molecular weight excluding hydrogens is 492 g/mol. The number of rotatable bonds is 7. The number of hydrogen-bond acceptors (Lipinski definition) is 5. The molecular formula is C24H19BrN2O2S2. The van der Waals surface area contributed by atoms with Gasteiger partial charge in [-0.25, -0.2) is 4.98 Å². The minimum atomic E-state index is -0.111. The Labute approximate surface area is 196 Å². The largest absolute Gasteiger partial charge is 0.293 e. The van der Waals surface area contributed by atoms with E-state index < -0.39 is 0 Å². The third kappa shape index (κ3) is 4.59. The molecule has 7 heteroatoms. The lowest BCUT2D eigenvalue weighted by atomic mass is 10.1. The average Bonchev–Trinajstić information content (AvgIpc) is 3.19. The van der Waals surface area contributed by atoms with Gasteiger partial charge < -0.3 is 0 Å². The Morgan fingerprint density at radius 1 is 1.19 bits per heavy atom. The van der Waals surface area contributed by atoms with Gasteiger partial charge in [0.25, 0.3) is 5.56 Å². The number of benzene rings is 2. The Hall–Kier alpha value is -2.48. The average molecular weight is 511 g/mol. The van der Waals surface area contributed by atoms with Gasteiger partial charge in [-0.1, -0.05) is 75.7 Å². The van der Waals surface area contributed by atoms with Crippen LogP contribution in [0.1, 0.15) is 15.9 Å². The maximum absolute atomic E-state index is 13.4. The van der Waals surface area contributed by atoms with Gasteiger partial charge in [0.2, 0.25) is 0 Å². The Bertz CT molecular complexity index is 1320. The summed E-state index contributed by atoms with van der Waals surface area (Å²) in [5.41, 5.74) is 3.57. The van der Waals surface area contributed by atoms with Gasteiger partial charge in [0.05, 0.1) is 11.1 Å². The van der Waals surface area contributed by atoms with Gasteiger partial charge in [0, 0.05) is 27.5 Å². The van der Waals surface area contributed by atoms with Crippen LogP contribution in [-0.2, 0) is 6.54 Å². The maximum atomic E-state index is 13.4. The molecule has 0 aliphatic rings. The van der Waals surface area contributed by atoms with E-state index in [0.29, 0.717) is 27.5 Å². The molecule has 0 unspecified atom stereocenters. The fraction of sp³-hybridized carbons (Fsp3) is 0.125. The van der Waals surface area contributed by atoms with E-state index in [2.05, 4.69) is 22.5 Å². The van der Waals surface area contributed by atoms with Gasteiger partial charge in [0.1, 0.15) is 4.83 Å². The topological polar surface area (TPSA) is 52.0 Å². The molecule has 2 aromatic carbocycles. The Morgan fingerprint density at radius 2 is 1.90 bits per heavy atom. The molecule has 0 saturated heterocycles. The van der Waals surface area contributed by atoms with Crippen LogP contribution in [0.4, 0.5) is 0 Å². The lowest BCUT2D eigenvalue weighted by Gasteiger charge is -2.10. The van der Waals surface area contributed by atoms with Crippen LogP contribution in [0.25, 0.3) is 21.3 Å². The molecule has 0 aliphatic heterocycles. The molecule has 0 fully saturated rings. The van der Waals surface area contributed by atoms with E-state index in [4.69, 9.17) is 4.98 Å². The fourth-order valence-corrected chi connectivity index (χ4v) is 5.36. The smallest absolute Gasteiger partial charge is 0.263 e. The highest BCUT2D eigenvalue weighted by Gasteiger charge is 2.18. The van der Waals surface area contributed by atoms with Crippen molar-refractivity contribution >= 4 is 55.0 Å². The van der Waals surface area contributed by atoms with Crippen molar-refractivity contribution in [1.82, 2.24) is 9.55 Å². The second-order valence-corrected chi connectivity index (χ2v) is 9.73. The van der Waals surface area contributed by atoms with Crippen LogP contribution in [0.5, 0.6) is 0 Å². The highest BCUT2D eigenvalue weighted by atomic mass is 79.9. The highest BCUT2D eigenvalue weighted by molar-refractivity contribution is 9.10. The Balaban J connectivity index is 1.70. The summed E-state index contributed by atoms with van der Waals surface area (Å²) in [6.07, 6.45) is 1.67. The van der Waals surface area contributed by atoms with Gasteiger partial charge in [-0.15, -0.1) is 17.9 Å². The van der Waals surface area contributed by atoms with Gasteiger partial charge in [-0.05, 0) is 24.6 Å². The van der Waals surface area contributed by atoms with Crippen LogP contribution in [-0.4, -0.2) is 21.1 Å². The fourth-order valence-electron chi connectivity index (χ4n) is 3.20. The standard InChI is InChI=1S/C24H19BrN2O2S2/c1-3-12-27-23(29)21-19(16-6-4-15(2)5-7-16)13-30-22(21)26-24(27)31-14-20(28)17-8-10-18(25)11-9-17/h3-11,13H,1,12,14H2,2H3. The number of aromatic nitrogens is 2. The number of fused-ring (bicyclic) bond motifs is 1. The molecule has 0 N–H and O–H groups in total. The van der Waals surface area contributed by atoms with E-state index in [-0.39, 0.29) is 17.1 Å². The molecule has 0 saturated carbocycles. The number of carbonyl (C=O) groups excluding carboxylic acids is 1. The number of hydrogen-bond donors (Lipinski definition) is 0. The van der Waals surface area contributed by atoms with E-state index in [9.17, 15) is 9.59 Å². The molecule has 0 radical (unpaired) electrons. The van der Waals surface area contributed by atoms with Crippen molar-refractivity contribution in [2.75, 3.05) is 5.75 Å². The normalized spacial score (nSPS) is 11.0. The van der Waals surface area contributed by atoms with E-state index in [1.165, 1.54) is 28.7 Å². The van der Waals surface area contributed by atoms with Gasteiger partial charge in [-0.3, -0.25) is 14.2 Å². The molecule has 0 atom stereocenters. The minimum absolute atomic E-state index is 0.0106. The summed E-state index contributed by atoms with van der Waals surface area (Å²) in [5.74, 6) is 0.191. The molecule has 0 bridgehead atoms. The minimum Gasteiger partial charge on any atom is -0.293 e. The van der Waals surface area contributed by atoms with Crippen molar-refractivity contribution in [3.05, 3.63) is 92.5 Å². The number of ketones is 1.